The number of aromatic amines is 1. The summed E-state index contributed by atoms with van der Waals surface area (Å²) in [6, 6.07) is 7.87. The van der Waals surface area contributed by atoms with Crippen LogP contribution in [0.15, 0.2) is 24.3 Å². The molecule has 1 fully saturated rings. The van der Waals surface area contributed by atoms with E-state index in [4.69, 9.17) is 0 Å². The molecule has 1 saturated heterocycles. The average Bonchev–Trinajstić information content (AvgIpc) is 2.95. The summed E-state index contributed by atoms with van der Waals surface area (Å²) in [7, 11) is 0. The summed E-state index contributed by atoms with van der Waals surface area (Å²) >= 11 is 0. The molecule has 5 nitrogen and oxygen atoms in total. The SMILES string of the molecule is O=C(CCc1nc2ccccc2[nH]1)N1CCCCC1CO. The Kier molecular flexibility index (Phi) is 4.20. The first kappa shape index (κ1) is 14.1. The second kappa shape index (κ2) is 6.26. The highest BCUT2D eigenvalue weighted by atomic mass is 16.3. The molecule has 1 atom stereocenters. The monoisotopic (exact) mass is 287 g/mol. The van der Waals surface area contributed by atoms with E-state index in [-0.39, 0.29) is 18.6 Å². The maximum Gasteiger partial charge on any atom is 0.223 e. The van der Waals surface area contributed by atoms with Crippen molar-refractivity contribution < 1.29 is 9.90 Å². The molecule has 2 aromatic rings. The molecule has 1 unspecified atom stereocenters. The number of carbonyl (C=O) groups excluding carboxylic acids is 1. The van der Waals surface area contributed by atoms with E-state index in [1.807, 2.05) is 29.2 Å². The molecule has 0 radical (unpaired) electrons. The molecular weight excluding hydrogens is 266 g/mol. The van der Waals surface area contributed by atoms with Crippen LogP contribution in [0, 0.1) is 0 Å². The molecule has 1 aliphatic rings. The molecule has 3 rings (SSSR count). The summed E-state index contributed by atoms with van der Waals surface area (Å²) in [5.74, 6) is 0.969. The summed E-state index contributed by atoms with van der Waals surface area (Å²) in [4.78, 5) is 21.9. The Morgan fingerprint density at radius 1 is 1.38 bits per heavy atom. The van der Waals surface area contributed by atoms with Gasteiger partial charge in [-0.3, -0.25) is 4.79 Å². The van der Waals surface area contributed by atoms with Crippen LogP contribution in [0.2, 0.25) is 0 Å². The van der Waals surface area contributed by atoms with Crippen molar-refractivity contribution >= 4 is 16.9 Å². The average molecular weight is 287 g/mol. The summed E-state index contributed by atoms with van der Waals surface area (Å²) in [5.41, 5.74) is 1.94. The number of aryl methyl sites for hydroxylation is 1. The zero-order chi connectivity index (χ0) is 14.7. The van der Waals surface area contributed by atoms with Crippen molar-refractivity contribution in [2.75, 3.05) is 13.2 Å². The Bertz CT molecular complexity index is 590. The normalized spacial score (nSPS) is 19.1. The number of imidazole rings is 1. The van der Waals surface area contributed by atoms with Crippen molar-refractivity contribution in [1.29, 1.82) is 0 Å². The van der Waals surface area contributed by atoms with Gasteiger partial charge in [0.05, 0.1) is 23.7 Å². The highest BCUT2D eigenvalue weighted by Gasteiger charge is 2.25. The zero-order valence-electron chi connectivity index (χ0n) is 12.1. The molecule has 1 amide bonds. The molecule has 2 N–H and O–H groups in total. The van der Waals surface area contributed by atoms with Crippen molar-refractivity contribution in [1.82, 2.24) is 14.9 Å². The Morgan fingerprint density at radius 2 is 2.24 bits per heavy atom. The van der Waals surface area contributed by atoms with Gasteiger partial charge in [-0.05, 0) is 31.4 Å². The Morgan fingerprint density at radius 3 is 3.05 bits per heavy atom. The smallest absolute Gasteiger partial charge is 0.223 e. The van der Waals surface area contributed by atoms with E-state index in [0.717, 1.165) is 42.7 Å². The number of hydrogen-bond donors (Lipinski definition) is 2. The van der Waals surface area contributed by atoms with Crippen LogP contribution >= 0.6 is 0 Å². The summed E-state index contributed by atoms with van der Waals surface area (Å²) in [6.07, 6.45) is 4.09. The zero-order valence-corrected chi connectivity index (χ0v) is 12.1. The lowest BCUT2D eigenvalue weighted by molar-refractivity contribution is -0.135. The van der Waals surface area contributed by atoms with Crippen LogP contribution in [-0.4, -0.2) is 45.1 Å². The quantitative estimate of drug-likeness (QED) is 0.902. The van der Waals surface area contributed by atoms with Gasteiger partial charge in [-0.1, -0.05) is 12.1 Å². The number of para-hydroxylation sites is 2. The van der Waals surface area contributed by atoms with E-state index in [0.29, 0.717) is 12.8 Å². The number of carbonyl (C=O) groups is 1. The molecular formula is C16H21N3O2. The molecule has 1 aromatic heterocycles. The summed E-state index contributed by atoms with van der Waals surface area (Å²) < 4.78 is 0. The second-order valence-electron chi connectivity index (χ2n) is 5.62. The van der Waals surface area contributed by atoms with E-state index in [2.05, 4.69) is 9.97 Å². The molecule has 0 aliphatic carbocycles. The molecule has 0 saturated carbocycles. The Hall–Kier alpha value is -1.88. The number of amides is 1. The van der Waals surface area contributed by atoms with Gasteiger partial charge in [-0.2, -0.15) is 0 Å². The number of benzene rings is 1. The fraction of sp³-hybridized carbons (Fsp3) is 0.500. The lowest BCUT2D eigenvalue weighted by atomic mass is 10.0. The van der Waals surface area contributed by atoms with Crippen molar-refractivity contribution in [3.05, 3.63) is 30.1 Å². The van der Waals surface area contributed by atoms with Crippen LogP contribution in [0.4, 0.5) is 0 Å². The highest BCUT2D eigenvalue weighted by Crippen LogP contribution is 2.18. The van der Waals surface area contributed by atoms with Crippen molar-refractivity contribution in [3.8, 4) is 0 Å². The van der Waals surface area contributed by atoms with Gasteiger partial charge in [0.15, 0.2) is 0 Å². The van der Waals surface area contributed by atoms with Crippen LogP contribution in [0.3, 0.4) is 0 Å². The molecule has 21 heavy (non-hydrogen) atoms. The van der Waals surface area contributed by atoms with Gasteiger partial charge >= 0.3 is 0 Å². The van der Waals surface area contributed by atoms with Crippen molar-refractivity contribution in [2.24, 2.45) is 0 Å². The number of hydrogen-bond acceptors (Lipinski definition) is 3. The van der Waals surface area contributed by atoms with Crippen LogP contribution < -0.4 is 0 Å². The summed E-state index contributed by atoms with van der Waals surface area (Å²) in [5, 5.41) is 9.38. The number of aromatic nitrogens is 2. The third-order valence-corrected chi connectivity index (χ3v) is 4.17. The minimum absolute atomic E-state index is 0.00178. The molecule has 5 heteroatoms. The number of fused-ring (bicyclic) bond motifs is 1. The number of piperidine rings is 1. The summed E-state index contributed by atoms with van der Waals surface area (Å²) in [6.45, 7) is 0.834. The number of H-pyrrole nitrogens is 1. The minimum Gasteiger partial charge on any atom is -0.394 e. The van der Waals surface area contributed by atoms with Gasteiger partial charge in [-0.15, -0.1) is 0 Å². The number of rotatable bonds is 4. The Balaban J connectivity index is 1.62. The number of nitrogens with zero attached hydrogens (tertiary/aromatic N) is 2. The highest BCUT2D eigenvalue weighted by molar-refractivity contribution is 5.77. The maximum atomic E-state index is 12.3. The fourth-order valence-electron chi connectivity index (χ4n) is 3.01. The van der Waals surface area contributed by atoms with E-state index >= 15 is 0 Å². The van der Waals surface area contributed by atoms with Gasteiger partial charge in [0.25, 0.3) is 0 Å². The number of nitrogens with one attached hydrogen (secondary N) is 1. The lowest BCUT2D eigenvalue weighted by Crippen LogP contribution is -2.45. The Labute approximate surface area is 124 Å². The van der Waals surface area contributed by atoms with Crippen LogP contribution in [0.25, 0.3) is 11.0 Å². The predicted octanol–water partition coefficient (Wildman–Crippen LogP) is 1.87. The molecule has 0 bridgehead atoms. The van der Waals surface area contributed by atoms with Crippen molar-refractivity contribution in [3.63, 3.8) is 0 Å². The third kappa shape index (κ3) is 3.08. The standard InChI is InChI=1S/C16H21N3O2/c20-11-12-5-3-4-10-19(12)16(21)9-8-15-17-13-6-1-2-7-14(13)18-15/h1-2,6-7,12,20H,3-5,8-11H2,(H,17,18). The predicted molar refractivity (Wildman–Crippen MR) is 80.9 cm³/mol. The van der Waals surface area contributed by atoms with E-state index in [1.54, 1.807) is 0 Å². The molecule has 0 spiro atoms. The van der Waals surface area contributed by atoms with Crippen LogP contribution in [-0.2, 0) is 11.2 Å². The lowest BCUT2D eigenvalue weighted by Gasteiger charge is -2.34. The van der Waals surface area contributed by atoms with E-state index in [9.17, 15) is 9.90 Å². The van der Waals surface area contributed by atoms with Gasteiger partial charge < -0.3 is 15.0 Å². The largest absolute Gasteiger partial charge is 0.394 e. The molecule has 112 valence electrons. The third-order valence-electron chi connectivity index (χ3n) is 4.17. The minimum atomic E-state index is 0.00178. The maximum absolute atomic E-state index is 12.3. The fourth-order valence-corrected chi connectivity index (χ4v) is 3.01. The first-order valence-corrected chi connectivity index (χ1v) is 7.62. The second-order valence-corrected chi connectivity index (χ2v) is 5.62. The number of aliphatic hydroxyl groups is 1. The number of likely N-dealkylation sites (tertiary alicyclic amines) is 1. The van der Waals surface area contributed by atoms with Gasteiger partial charge in [0.1, 0.15) is 5.82 Å². The topological polar surface area (TPSA) is 69.2 Å². The number of aliphatic hydroxyl groups excluding tert-OH is 1. The van der Waals surface area contributed by atoms with Gasteiger partial charge in [-0.25, -0.2) is 4.98 Å². The van der Waals surface area contributed by atoms with Crippen molar-refractivity contribution in [2.45, 2.75) is 38.1 Å². The molecule has 1 aliphatic heterocycles. The van der Waals surface area contributed by atoms with E-state index < -0.39 is 0 Å². The van der Waals surface area contributed by atoms with Gasteiger partial charge in [0, 0.05) is 19.4 Å². The van der Waals surface area contributed by atoms with Crippen LogP contribution in [0.5, 0.6) is 0 Å². The molecule has 2 heterocycles. The van der Waals surface area contributed by atoms with Gasteiger partial charge in [0.2, 0.25) is 5.91 Å². The first-order chi connectivity index (χ1) is 10.3. The van der Waals surface area contributed by atoms with E-state index in [1.165, 1.54) is 0 Å². The van der Waals surface area contributed by atoms with Crippen LogP contribution in [0.1, 0.15) is 31.5 Å². The first-order valence-electron chi connectivity index (χ1n) is 7.62. The molecule has 1 aromatic carbocycles.